The number of carboxylic acid groups (broad SMARTS) is 1. The maximum atomic E-state index is 12.6. The molecule has 0 saturated heterocycles. The van der Waals surface area contributed by atoms with Crippen molar-refractivity contribution in [2.24, 2.45) is 0 Å². The fourth-order valence-corrected chi connectivity index (χ4v) is 3.37. The number of nitrogens with zero attached hydrogens (tertiary/aromatic N) is 2. The molecule has 6 nitrogen and oxygen atoms in total. The van der Waals surface area contributed by atoms with Crippen molar-refractivity contribution in [1.29, 1.82) is 0 Å². The van der Waals surface area contributed by atoms with E-state index < -0.39 is 16.0 Å². The number of aromatic carboxylic acids is 1. The molecule has 0 unspecified atom stereocenters. The van der Waals surface area contributed by atoms with Crippen LogP contribution in [0.25, 0.3) is 0 Å². The second-order valence-electron chi connectivity index (χ2n) is 4.20. The molecule has 0 fully saturated rings. The minimum atomic E-state index is -3.73. The number of hydrogen-bond donors (Lipinski definition) is 1. The van der Waals surface area contributed by atoms with Gasteiger partial charge in [-0.05, 0) is 43.3 Å². The van der Waals surface area contributed by atoms with E-state index in [4.69, 9.17) is 5.11 Å². The van der Waals surface area contributed by atoms with E-state index in [9.17, 15) is 13.2 Å². The molecule has 0 aliphatic carbocycles. The highest BCUT2D eigenvalue weighted by Gasteiger charge is 2.23. The lowest BCUT2D eigenvalue weighted by atomic mass is 10.2. The summed E-state index contributed by atoms with van der Waals surface area (Å²) in [6.07, 6.45) is 3.03. The first-order chi connectivity index (χ1) is 9.96. The van der Waals surface area contributed by atoms with Gasteiger partial charge in [-0.25, -0.2) is 13.2 Å². The Bertz CT molecular complexity index is 727. The van der Waals surface area contributed by atoms with Crippen molar-refractivity contribution in [2.45, 2.75) is 11.8 Å². The Morgan fingerprint density at radius 3 is 2.19 bits per heavy atom. The third-order valence-corrected chi connectivity index (χ3v) is 4.84. The Labute approximate surface area is 122 Å². The Balaban J connectivity index is 2.42. The van der Waals surface area contributed by atoms with Crippen LogP contribution in [0.4, 0.5) is 5.69 Å². The summed E-state index contributed by atoms with van der Waals surface area (Å²) in [7, 11) is -3.73. The van der Waals surface area contributed by atoms with Gasteiger partial charge in [0, 0.05) is 18.9 Å². The molecule has 7 heteroatoms. The van der Waals surface area contributed by atoms with Crippen LogP contribution in [-0.2, 0) is 10.0 Å². The molecule has 0 amide bonds. The Morgan fingerprint density at radius 2 is 1.71 bits per heavy atom. The lowest BCUT2D eigenvalue weighted by Crippen LogP contribution is -2.30. The molecule has 0 atom stereocenters. The topological polar surface area (TPSA) is 87.6 Å². The summed E-state index contributed by atoms with van der Waals surface area (Å²) in [4.78, 5) is 14.7. The number of aromatic nitrogens is 1. The van der Waals surface area contributed by atoms with E-state index in [1.54, 1.807) is 19.1 Å². The van der Waals surface area contributed by atoms with Gasteiger partial charge >= 0.3 is 5.97 Å². The smallest absolute Gasteiger partial charge is 0.335 e. The number of rotatable bonds is 5. The summed E-state index contributed by atoms with van der Waals surface area (Å²) >= 11 is 0. The second-order valence-corrected chi connectivity index (χ2v) is 6.07. The first-order valence-electron chi connectivity index (χ1n) is 6.23. The second kappa shape index (κ2) is 5.92. The van der Waals surface area contributed by atoms with Gasteiger partial charge < -0.3 is 5.11 Å². The molecule has 2 rings (SSSR count). The normalized spacial score (nSPS) is 11.1. The molecule has 2 aromatic rings. The molecule has 21 heavy (non-hydrogen) atoms. The summed E-state index contributed by atoms with van der Waals surface area (Å²) in [6.45, 7) is 1.98. The number of benzene rings is 1. The standard InChI is InChI=1S/C14H14N2O4S/c1-2-16(12-7-9-15-10-8-12)21(19,20)13-5-3-11(4-6-13)14(17)18/h3-10H,2H2,1H3,(H,17,18). The SMILES string of the molecule is CCN(c1ccncc1)S(=O)(=O)c1ccc(C(=O)O)cc1. The quantitative estimate of drug-likeness (QED) is 0.912. The zero-order valence-corrected chi connectivity index (χ0v) is 12.1. The van der Waals surface area contributed by atoms with Gasteiger partial charge in [-0.1, -0.05) is 0 Å². The van der Waals surface area contributed by atoms with E-state index in [0.717, 1.165) is 0 Å². The van der Waals surface area contributed by atoms with Crippen LogP contribution in [0.3, 0.4) is 0 Å². The van der Waals surface area contributed by atoms with Gasteiger partial charge in [-0.2, -0.15) is 0 Å². The fourth-order valence-electron chi connectivity index (χ4n) is 1.90. The minimum absolute atomic E-state index is 0.0425. The first-order valence-corrected chi connectivity index (χ1v) is 7.67. The molecule has 0 spiro atoms. The number of carboxylic acids is 1. The van der Waals surface area contributed by atoms with Gasteiger partial charge in [0.1, 0.15) is 0 Å². The highest BCUT2D eigenvalue weighted by molar-refractivity contribution is 7.92. The minimum Gasteiger partial charge on any atom is -0.478 e. The van der Waals surface area contributed by atoms with Crippen LogP contribution in [0.5, 0.6) is 0 Å². The van der Waals surface area contributed by atoms with E-state index in [0.29, 0.717) is 5.69 Å². The van der Waals surface area contributed by atoms with Gasteiger partial charge in [0.15, 0.2) is 0 Å². The zero-order chi connectivity index (χ0) is 15.5. The van der Waals surface area contributed by atoms with Crippen LogP contribution >= 0.6 is 0 Å². The van der Waals surface area contributed by atoms with Crippen LogP contribution in [-0.4, -0.2) is 31.0 Å². The molecule has 1 heterocycles. The van der Waals surface area contributed by atoms with Crippen LogP contribution < -0.4 is 4.31 Å². The predicted octanol–water partition coefficient (Wildman–Crippen LogP) is 1.99. The molecule has 1 aromatic heterocycles. The Kier molecular flexibility index (Phi) is 4.23. The molecule has 0 aliphatic rings. The zero-order valence-electron chi connectivity index (χ0n) is 11.3. The number of sulfonamides is 1. The van der Waals surface area contributed by atoms with Crippen LogP contribution in [0, 0.1) is 0 Å². The number of hydrogen-bond acceptors (Lipinski definition) is 4. The van der Waals surface area contributed by atoms with Crippen molar-refractivity contribution in [2.75, 3.05) is 10.8 Å². The fraction of sp³-hybridized carbons (Fsp3) is 0.143. The summed E-state index contributed by atoms with van der Waals surface area (Å²) in [5, 5.41) is 8.85. The van der Waals surface area contributed by atoms with Crippen LogP contribution in [0.1, 0.15) is 17.3 Å². The maximum absolute atomic E-state index is 12.6. The van der Waals surface area contributed by atoms with Crippen molar-refractivity contribution in [1.82, 2.24) is 4.98 Å². The third-order valence-electron chi connectivity index (χ3n) is 2.93. The first kappa shape index (κ1) is 15.0. The summed E-state index contributed by atoms with van der Waals surface area (Å²) in [5.41, 5.74) is 0.552. The Morgan fingerprint density at radius 1 is 1.14 bits per heavy atom. The monoisotopic (exact) mass is 306 g/mol. The molecule has 1 N–H and O–H groups in total. The van der Waals surface area contributed by atoms with Gasteiger partial charge in [0.05, 0.1) is 16.1 Å². The molecular weight excluding hydrogens is 292 g/mol. The molecule has 110 valence electrons. The molecule has 1 aromatic carbocycles. The average molecular weight is 306 g/mol. The molecule has 0 saturated carbocycles. The number of anilines is 1. The number of carbonyl (C=O) groups is 1. The lowest BCUT2D eigenvalue weighted by Gasteiger charge is -2.22. The average Bonchev–Trinajstić information content (AvgIpc) is 2.49. The van der Waals surface area contributed by atoms with Gasteiger partial charge in [-0.3, -0.25) is 9.29 Å². The van der Waals surface area contributed by atoms with Crippen LogP contribution in [0.15, 0.2) is 53.7 Å². The van der Waals surface area contributed by atoms with Gasteiger partial charge in [-0.15, -0.1) is 0 Å². The van der Waals surface area contributed by atoms with E-state index in [2.05, 4.69) is 4.98 Å². The highest BCUT2D eigenvalue weighted by Crippen LogP contribution is 2.22. The van der Waals surface area contributed by atoms with Crippen molar-refractivity contribution in [3.8, 4) is 0 Å². The number of pyridine rings is 1. The van der Waals surface area contributed by atoms with E-state index in [1.807, 2.05) is 0 Å². The molecular formula is C14H14N2O4S. The predicted molar refractivity (Wildman–Crippen MR) is 77.8 cm³/mol. The van der Waals surface area contributed by atoms with Crippen molar-refractivity contribution in [3.63, 3.8) is 0 Å². The molecule has 0 aliphatic heterocycles. The van der Waals surface area contributed by atoms with E-state index in [-0.39, 0.29) is 17.0 Å². The van der Waals surface area contributed by atoms with Crippen molar-refractivity contribution in [3.05, 3.63) is 54.4 Å². The Hall–Kier alpha value is -2.41. The molecule has 0 radical (unpaired) electrons. The van der Waals surface area contributed by atoms with Gasteiger partial charge in [0.2, 0.25) is 0 Å². The molecule has 0 bridgehead atoms. The van der Waals surface area contributed by atoms with Crippen molar-refractivity contribution >= 4 is 21.7 Å². The van der Waals surface area contributed by atoms with E-state index in [1.165, 1.54) is 41.0 Å². The van der Waals surface area contributed by atoms with Crippen molar-refractivity contribution < 1.29 is 18.3 Å². The summed E-state index contributed by atoms with van der Waals surface area (Å²) in [6, 6.07) is 8.34. The lowest BCUT2D eigenvalue weighted by molar-refractivity contribution is 0.0696. The van der Waals surface area contributed by atoms with E-state index >= 15 is 0 Å². The maximum Gasteiger partial charge on any atom is 0.335 e. The largest absolute Gasteiger partial charge is 0.478 e. The van der Waals surface area contributed by atoms with Gasteiger partial charge in [0.25, 0.3) is 10.0 Å². The summed E-state index contributed by atoms with van der Waals surface area (Å²) < 4.78 is 26.4. The van der Waals surface area contributed by atoms with Crippen LogP contribution in [0.2, 0.25) is 0 Å². The summed E-state index contributed by atoms with van der Waals surface area (Å²) in [5.74, 6) is -1.10. The third kappa shape index (κ3) is 3.03. The highest BCUT2D eigenvalue weighted by atomic mass is 32.2.